The van der Waals surface area contributed by atoms with Crippen molar-refractivity contribution in [1.29, 1.82) is 0 Å². The van der Waals surface area contributed by atoms with Crippen LogP contribution in [-0.4, -0.2) is 51.9 Å². The molecule has 42 heavy (non-hydrogen) atoms. The molecule has 0 radical (unpaired) electrons. The zero-order valence-electron chi connectivity index (χ0n) is 23.3. The average molecular weight is 651 g/mol. The molecule has 4 rings (SSSR count). The van der Waals surface area contributed by atoms with Crippen molar-refractivity contribution in [2.75, 3.05) is 25.0 Å². The minimum absolute atomic E-state index is 0.0234. The standard InChI is InChI=1S/C32H32BrN3O5S/c1-34-32(38)29(21-24-11-5-3-6-12-24)35(22-25-17-19-26(33)20-18-25)31(37)23-36(28-15-9-10-16-30(28)41-2)42(39,40)27-13-7-4-8-14-27/h3-20,29H,21-23H2,1-2H3,(H,34,38)/t29-/m1/s1. The predicted molar refractivity (Wildman–Crippen MR) is 167 cm³/mol. The average Bonchev–Trinajstić information content (AvgIpc) is 3.02. The van der Waals surface area contributed by atoms with Crippen molar-refractivity contribution in [3.8, 4) is 5.75 Å². The van der Waals surface area contributed by atoms with Gasteiger partial charge in [-0.15, -0.1) is 0 Å². The Morgan fingerprint density at radius 3 is 2.05 bits per heavy atom. The number of carbonyl (C=O) groups is 2. The SMILES string of the molecule is CNC(=O)[C@@H](Cc1ccccc1)N(Cc1ccc(Br)cc1)C(=O)CN(c1ccccc1OC)S(=O)(=O)c1ccccc1. The monoisotopic (exact) mass is 649 g/mol. The molecule has 0 bridgehead atoms. The van der Waals surface area contributed by atoms with E-state index in [1.54, 1.807) is 42.5 Å². The summed E-state index contributed by atoms with van der Waals surface area (Å²) in [5.74, 6) is -0.622. The van der Waals surface area contributed by atoms with Crippen molar-refractivity contribution < 1.29 is 22.7 Å². The summed E-state index contributed by atoms with van der Waals surface area (Å²) in [6, 6.07) is 30.4. The molecule has 4 aromatic carbocycles. The van der Waals surface area contributed by atoms with Crippen molar-refractivity contribution in [3.63, 3.8) is 0 Å². The molecule has 0 aliphatic rings. The molecule has 1 N–H and O–H groups in total. The molecule has 0 saturated heterocycles. The lowest BCUT2D eigenvalue weighted by Gasteiger charge is -2.34. The van der Waals surface area contributed by atoms with E-state index in [0.717, 1.165) is 19.9 Å². The zero-order chi connectivity index (χ0) is 30.1. The first-order valence-corrected chi connectivity index (χ1v) is 15.5. The van der Waals surface area contributed by atoms with E-state index in [1.807, 2.05) is 54.6 Å². The molecular weight excluding hydrogens is 618 g/mol. The van der Waals surface area contributed by atoms with Crippen LogP contribution in [0.2, 0.25) is 0 Å². The van der Waals surface area contributed by atoms with Crippen molar-refractivity contribution >= 4 is 43.5 Å². The highest BCUT2D eigenvalue weighted by Gasteiger charge is 2.35. The Kier molecular flexibility index (Phi) is 10.4. The first kappa shape index (κ1) is 30.8. The molecule has 0 aliphatic carbocycles. The fraction of sp³-hybridized carbons (Fsp3) is 0.188. The van der Waals surface area contributed by atoms with Gasteiger partial charge < -0.3 is 15.0 Å². The normalized spacial score (nSPS) is 11.8. The highest BCUT2D eigenvalue weighted by molar-refractivity contribution is 9.10. The first-order valence-electron chi connectivity index (χ1n) is 13.2. The lowest BCUT2D eigenvalue weighted by atomic mass is 10.0. The molecule has 0 aliphatic heterocycles. The number of para-hydroxylation sites is 2. The number of nitrogens with zero attached hydrogens (tertiary/aromatic N) is 2. The van der Waals surface area contributed by atoms with E-state index in [4.69, 9.17) is 4.74 Å². The van der Waals surface area contributed by atoms with E-state index in [-0.39, 0.29) is 35.2 Å². The molecule has 1 atom stereocenters. The number of anilines is 1. The Morgan fingerprint density at radius 1 is 0.833 bits per heavy atom. The summed E-state index contributed by atoms with van der Waals surface area (Å²) in [5, 5.41) is 2.68. The van der Waals surface area contributed by atoms with Gasteiger partial charge in [0.2, 0.25) is 11.8 Å². The Morgan fingerprint density at radius 2 is 1.43 bits per heavy atom. The largest absolute Gasteiger partial charge is 0.495 e. The number of sulfonamides is 1. The van der Waals surface area contributed by atoms with Gasteiger partial charge in [0.25, 0.3) is 10.0 Å². The summed E-state index contributed by atoms with van der Waals surface area (Å²) in [7, 11) is -1.25. The second kappa shape index (κ2) is 14.2. The lowest BCUT2D eigenvalue weighted by molar-refractivity contribution is -0.139. The molecule has 0 unspecified atom stereocenters. The van der Waals surface area contributed by atoms with Gasteiger partial charge in [-0.1, -0.05) is 88.7 Å². The molecule has 0 spiro atoms. The molecular formula is C32H32BrN3O5S. The van der Waals surface area contributed by atoms with Crippen LogP contribution in [0.15, 0.2) is 119 Å². The van der Waals surface area contributed by atoms with Crippen molar-refractivity contribution in [1.82, 2.24) is 10.2 Å². The van der Waals surface area contributed by atoms with Crippen molar-refractivity contribution in [2.24, 2.45) is 0 Å². The number of hydrogen-bond donors (Lipinski definition) is 1. The van der Waals surface area contributed by atoms with Gasteiger partial charge in [-0.3, -0.25) is 13.9 Å². The third kappa shape index (κ3) is 7.37. The topological polar surface area (TPSA) is 96.0 Å². The minimum Gasteiger partial charge on any atom is -0.495 e. The Labute approximate surface area is 255 Å². The van der Waals surface area contributed by atoms with Crippen LogP contribution in [0.4, 0.5) is 5.69 Å². The Balaban J connectivity index is 1.80. The van der Waals surface area contributed by atoms with E-state index in [2.05, 4.69) is 21.2 Å². The Hall–Kier alpha value is -4.15. The van der Waals surface area contributed by atoms with E-state index in [9.17, 15) is 18.0 Å². The highest BCUT2D eigenvalue weighted by Crippen LogP contribution is 2.32. The number of carbonyl (C=O) groups excluding carboxylic acids is 2. The zero-order valence-corrected chi connectivity index (χ0v) is 25.7. The molecule has 0 saturated carbocycles. The molecule has 218 valence electrons. The molecule has 0 heterocycles. The van der Waals surface area contributed by atoms with E-state index in [1.165, 1.54) is 31.2 Å². The molecule has 4 aromatic rings. The van der Waals surface area contributed by atoms with Gasteiger partial charge in [0.1, 0.15) is 18.3 Å². The van der Waals surface area contributed by atoms with Crippen molar-refractivity contribution in [3.05, 3.63) is 125 Å². The third-order valence-electron chi connectivity index (χ3n) is 6.75. The summed E-state index contributed by atoms with van der Waals surface area (Å²) in [5.41, 5.74) is 1.85. The number of hydrogen-bond acceptors (Lipinski definition) is 5. The smallest absolute Gasteiger partial charge is 0.264 e. The van der Waals surface area contributed by atoms with Gasteiger partial charge in [-0.2, -0.15) is 0 Å². The van der Waals surface area contributed by atoms with E-state index < -0.39 is 28.5 Å². The first-order chi connectivity index (χ1) is 20.2. The van der Waals surface area contributed by atoms with Crippen LogP contribution in [0.1, 0.15) is 11.1 Å². The number of rotatable bonds is 12. The molecule has 8 nitrogen and oxygen atoms in total. The fourth-order valence-electron chi connectivity index (χ4n) is 4.58. The summed E-state index contributed by atoms with van der Waals surface area (Å²) >= 11 is 3.43. The second-order valence-electron chi connectivity index (χ2n) is 9.46. The molecule has 0 aromatic heterocycles. The maximum Gasteiger partial charge on any atom is 0.264 e. The van der Waals surface area contributed by atoms with Gasteiger partial charge in [-0.05, 0) is 47.5 Å². The van der Waals surface area contributed by atoms with Crippen molar-refractivity contribution in [2.45, 2.75) is 23.9 Å². The Bertz CT molecular complexity index is 1600. The lowest BCUT2D eigenvalue weighted by Crippen LogP contribution is -2.53. The number of benzene rings is 4. The molecule has 2 amide bonds. The fourth-order valence-corrected chi connectivity index (χ4v) is 6.29. The number of amides is 2. The predicted octanol–water partition coefficient (Wildman–Crippen LogP) is 5.04. The van der Waals surface area contributed by atoms with Gasteiger partial charge in [0, 0.05) is 24.5 Å². The van der Waals surface area contributed by atoms with Gasteiger partial charge in [-0.25, -0.2) is 8.42 Å². The van der Waals surface area contributed by atoms with Crippen LogP contribution >= 0.6 is 15.9 Å². The highest BCUT2D eigenvalue weighted by atomic mass is 79.9. The van der Waals surface area contributed by atoms with Crippen LogP contribution in [0, 0.1) is 0 Å². The summed E-state index contributed by atoms with van der Waals surface area (Å²) in [6.07, 6.45) is 0.239. The van der Waals surface area contributed by atoms with Crippen LogP contribution < -0.4 is 14.4 Å². The molecule has 0 fully saturated rings. The number of nitrogens with one attached hydrogen (secondary N) is 1. The van der Waals surface area contributed by atoms with Crippen LogP contribution in [-0.2, 0) is 32.6 Å². The maximum absolute atomic E-state index is 14.3. The maximum atomic E-state index is 14.3. The third-order valence-corrected chi connectivity index (χ3v) is 9.05. The number of likely N-dealkylation sites (N-methyl/N-ethyl adjacent to an activating group) is 1. The second-order valence-corrected chi connectivity index (χ2v) is 12.2. The summed E-state index contributed by atoms with van der Waals surface area (Å²) < 4.78 is 35.4. The van der Waals surface area contributed by atoms with Crippen LogP contribution in [0.5, 0.6) is 5.75 Å². The molecule has 10 heteroatoms. The van der Waals surface area contributed by atoms with Gasteiger partial charge >= 0.3 is 0 Å². The van der Waals surface area contributed by atoms with Gasteiger partial charge in [0.15, 0.2) is 0 Å². The number of ether oxygens (including phenoxy) is 1. The summed E-state index contributed by atoms with van der Waals surface area (Å²) in [6.45, 7) is -0.474. The number of methoxy groups -OCH3 is 1. The van der Waals surface area contributed by atoms with E-state index in [0.29, 0.717) is 0 Å². The minimum atomic E-state index is -4.21. The van der Waals surface area contributed by atoms with Gasteiger partial charge in [0.05, 0.1) is 17.7 Å². The summed E-state index contributed by atoms with van der Waals surface area (Å²) in [4.78, 5) is 29.1. The van der Waals surface area contributed by atoms with E-state index >= 15 is 0 Å². The van der Waals surface area contributed by atoms with Crippen LogP contribution in [0.3, 0.4) is 0 Å². The van der Waals surface area contributed by atoms with Crippen LogP contribution in [0.25, 0.3) is 0 Å². The number of halogens is 1. The quantitative estimate of drug-likeness (QED) is 0.232.